The molecule has 4 nitrogen and oxygen atoms in total. The molecule has 1 heterocycles. The van der Waals surface area contributed by atoms with Crippen LogP contribution in [0.4, 0.5) is 0 Å². The molecule has 0 saturated carbocycles. The number of carbonyl (C=O) groups is 1. The van der Waals surface area contributed by atoms with Crippen molar-refractivity contribution in [2.24, 2.45) is 11.7 Å². The molecule has 1 atom stereocenters. The number of aromatic nitrogens is 1. The van der Waals surface area contributed by atoms with E-state index in [1.807, 2.05) is 18.2 Å². The second kappa shape index (κ2) is 14.1. The molecule has 0 bridgehead atoms. The zero-order valence-electron chi connectivity index (χ0n) is 13.2. The first-order chi connectivity index (χ1) is 9.61. The van der Waals surface area contributed by atoms with E-state index in [4.69, 9.17) is 5.73 Å². The van der Waals surface area contributed by atoms with Crippen molar-refractivity contribution in [1.82, 2.24) is 10.3 Å². The lowest BCUT2D eigenvalue weighted by atomic mass is 10.0. The summed E-state index contributed by atoms with van der Waals surface area (Å²) in [6.45, 7) is 4.78. The third-order valence-electron chi connectivity index (χ3n) is 2.86. The third-order valence-corrected chi connectivity index (χ3v) is 3.85. The van der Waals surface area contributed by atoms with E-state index in [1.165, 1.54) is 0 Å². The molecule has 128 valence electrons. The van der Waals surface area contributed by atoms with Gasteiger partial charge in [0.25, 0.3) is 0 Å². The normalized spacial score (nSPS) is 11.3. The van der Waals surface area contributed by atoms with Crippen molar-refractivity contribution in [3.63, 3.8) is 0 Å². The topological polar surface area (TPSA) is 68.0 Å². The van der Waals surface area contributed by atoms with Gasteiger partial charge in [-0.3, -0.25) is 9.78 Å². The highest BCUT2D eigenvalue weighted by Crippen LogP contribution is 2.11. The molecule has 0 aliphatic heterocycles. The Kier molecular flexibility index (Phi) is 15.3. The Morgan fingerprint density at radius 1 is 1.36 bits per heavy atom. The van der Waals surface area contributed by atoms with Gasteiger partial charge in [0.2, 0.25) is 5.91 Å². The molecule has 0 saturated heterocycles. The van der Waals surface area contributed by atoms with E-state index in [2.05, 4.69) is 24.1 Å². The van der Waals surface area contributed by atoms with E-state index < -0.39 is 0 Å². The molecular weight excluding hydrogens is 341 g/mol. The average molecular weight is 368 g/mol. The highest BCUT2D eigenvalue weighted by molar-refractivity contribution is 7.98. The third kappa shape index (κ3) is 11.1. The summed E-state index contributed by atoms with van der Waals surface area (Å²) in [5.74, 6) is 2.29. The Bertz CT molecular complexity index is 394. The quantitative estimate of drug-likeness (QED) is 0.658. The van der Waals surface area contributed by atoms with Crippen LogP contribution in [0, 0.1) is 5.92 Å². The van der Waals surface area contributed by atoms with Crippen molar-refractivity contribution in [2.75, 3.05) is 12.3 Å². The first kappa shape index (κ1) is 23.8. The zero-order valence-corrected chi connectivity index (χ0v) is 15.6. The van der Waals surface area contributed by atoms with Gasteiger partial charge in [-0.25, -0.2) is 0 Å². The number of nitrogens with zero attached hydrogens (tertiary/aromatic N) is 1. The minimum atomic E-state index is 0. The first-order valence-electron chi connectivity index (χ1n) is 7.09. The zero-order chi connectivity index (χ0) is 14.8. The van der Waals surface area contributed by atoms with E-state index in [-0.39, 0.29) is 36.8 Å². The number of hydrogen-bond acceptors (Lipinski definition) is 4. The van der Waals surface area contributed by atoms with Gasteiger partial charge in [0.1, 0.15) is 0 Å². The van der Waals surface area contributed by atoms with Crippen molar-refractivity contribution >= 4 is 42.5 Å². The molecule has 3 N–H and O–H groups in total. The maximum atomic E-state index is 11.8. The van der Waals surface area contributed by atoms with Crippen LogP contribution < -0.4 is 11.1 Å². The molecule has 0 fully saturated rings. The molecule has 1 aromatic rings. The summed E-state index contributed by atoms with van der Waals surface area (Å²) >= 11 is 1.73. The summed E-state index contributed by atoms with van der Waals surface area (Å²) in [7, 11) is 0. The van der Waals surface area contributed by atoms with Gasteiger partial charge in [-0.05, 0) is 24.5 Å². The van der Waals surface area contributed by atoms with Crippen LogP contribution in [-0.4, -0.2) is 29.2 Å². The Balaban J connectivity index is 0. The van der Waals surface area contributed by atoms with E-state index in [0.29, 0.717) is 18.9 Å². The summed E-state index contributed by atoms with van der Waals surface area (Å²) in [6, 6.07) is 5.99. The minimum absolute atomic E-state index is 0. The van der Waals surface area contributed by atoms with Gasteiger partial charge in [0, 0.05) is 36.7 Å². The van der Waals surface area contributed by atoms with Crippen molar-refractivity contribution in [3.8, 4) is 0 Å². The fourth-order valence-electron chi connectivity index (χ4n) is 1.91. The Morgan fingerprint density at radius 2 is 2.09 bits per heavy atom. The lowest BCUT2D eigenvalue weighted by Crippen LogP contribution is -2.41. The van der Waals surface area contributed by atoms with Crippen LogP contribution in [0.15, 0.2) is 24.4 Å². The average Bonchev–Trinajstić information content (AvgIpc) is 2.43. The molecule has 1 aromatic heterocycles. The predicted molar refractivity (Wildman–Crippen MR) is 100.0 cm³/mol. The smallest absolute Gasteiger partial charge is 0.221 e. The van der Waals surface area contributed by atoms with Gasteiger partial charge >= 0.3 is 0 Å². The number of carbonyl (C=O) groups excluding carboxylic acids is 1. The lowest BCUT2D eigenvalue weighted by Gasteiger charge is -2.18. The molecule has 22 heavy (non-hydrogen) atoms. The van der Waals surface area contributed by atoms with Crippen LogP contribution in [0.25, 0.3) is 0 Å². The molecule has 7 heteroatoms. The van der Waals surface area contributed by atoms with E-state index in [1.54, 1.807) is 18.0 Å². The summed E-state index contributed by atoms with van der Waals surface area (Å²) in [6.07, 6.45) is 3.26. The highest BCUT2D eigenvalue weighted by atomic mass is 35.5. The molecule has 0 aliphatic rings. The van der Waals surface area contributed by atoms with Crippen molar-refractivity contribution in [1.29, 1.82) is 0 Å². The fraction of sp³-hybridized carbons (Fsp3) is 0.600. The maximum Gasteiger partial charge on any atom is 0.221 e. The van der Waals surface area contributed by atoms with Gasteiger partial charge in [-0.2, -0.15) is 11.8 Å². The van der Waals surface area contributed by atoms with Crippen LogP contribution in [0.3, 0.4) is 0 Å². The summed E-state index contributed by atoms with van der Waals surface area (Å²) < 4.78 is 0. The van der Waals surface area contributed by atoms with Crippen LogP contribution >= 0.6 is 36.6 Å². The van der Waals surface area contributed by atoms with Gasteiger partial charge in [0.05, 0.1) is 5.69 Å². The van der Waals surface area contributed by atoms with Crippen molar-refractivity contribution < 1.29 is 4.79 Å². The lowest BCUT2D eigenvalue weighted by molar-refractivity contribution is -0.121. The molecular formula is C15H27Cl2N3OS. The van der Waals surface area contributed by atoms with E-state index in [0.717, 1.165) is 23.6 Å². The number of thioether (sulfide) groups is 1. The minimum Gasteiger partial charge on any atom is -0.352 e. The van der Waals surface area contributed by atoms with E-state index in [9.17, 15) is 4.79 Å². The number of halogens is 2. The molecule has 0 spiro atoms. The Hall–Kier alpha value is -0.490. The summed E-state index contributed by atoms with van der Waals surface area (Å²) in [5, 5.41) is 3.00. The standard InChI is InChI=1S/C15H25N3OS.2ClH/c1-12(2)9-14(10-16)18-15(19)6-8-20-11-13-5-3-4-7-17-13;;/h3-5,7,12,14H,6,8-11,16H2,1-2H3,(H,18,19);2*1H. The SMILES string of the molecule is CC(C)CC(CN)NC(=O)CCSCc1ccccn1.Cl.Cl. The second-order valence-electron chi connectivity index (χ2n) is 5.25. The predicted octanol–water partition coefficient (Wildman–Crippen LogP) is 3.04. The van der Waals surface area contributed by atoms with Crippen molar-refractivity contribution in [3.05, 3.63) is 30.1 Å². The number of pyridine rings is 1. The summed E-state index contributed by atoms with van der Waals surface area (Å²) in [4.78, 5) is 16.1. The van der Waals surface area contributed by atoms with Gasteiger partial charge in [0.15, 0.2) is 0 Å². The number of nitrogens with one attached hydrogen (secondary N) is 1. The Labute approximate surface area is 150 Å². The fourth-order valence-corrected chi connectivity index (χ4v) is 2.76. The first-order valence-corrected chi connectivity index (χ1v) is 8.24. The largest absolute Gasteiger partial charge is 0.352 e. The molecule has 1 unspecified atom stereocenters. The molecule has 1 rings (SSSR count). The van der Waals surface area contributed by atoms with Crippen molar-refractivity contribution in [2.45, 2.75) is 38.5 Å². The highest BCUT2D eigenvalue weighted by Gasteiger charge is 2.12. The van der Waals surface area contributed by atoms with Gasteiger partial charge in [-0.1, -0.05) is 19.9 Å². The van der Waals surface area contributed by atoms with E-state index >= 15 is 0 Å². The molecule has 1 amide bonds. The number of nitrogens with two attached hydrogens (primary N) is 1. The van der Waals surface area contributed by atoms with Gasteiger partial charge in [-0.15, -0.1) is 24.8 Å². The second-order valence-corrected chi connectivity index (χ2v) is 6.36. The molecule has 0 aliphatic carbocycles. The Morgan fingerprint density at radius 3 is 2.64 bits per heavy atom. The molecule has 0 radical (unpaired) electrons. The summed E-state index contributed by atoms with van der Waals surface area (Å²) in [5.41, 5.74) is 6.73. The van der Waals surface area contributed by atoms with Gasteiger partial charge < -0.3 is 11.1 Å². The molecule has 0 aromatic carbocycles. The van der Waals surface area contributed by atoms with Crippen LogP contribution in [0.1, 0.15) is 32.4 Å². The van der Waals surface area contributed by atoms with Crippen LogP contribution in [0.2, 0.25) is 0 Å². The van der Waals surface area contributed by atoms with Crippen LogP contribution in [0.5, 0.6) is 0 Å². The monoisotopic (exact) mass is 367 g/mol. The number of rotatable bonds is 9. The maximum absolute atomic E-state index is 11.8. The van der Waals surface area contributed by atoms with Crippen LogP contribution in [-0.2, 0) is 10.5 Å². The number of hydrogen-bond donors (Lipinski definition) is 2. The number of amides is 1.